The summed E-state index contributed by atoms with van der Waals surface area (Å²) in [6.45, 7) is 1.83. The number of hydrogen-bond acceptors (Lipinski definition) is 6. The fraction of sp³-hybridized carbons (Fsp3) is 0.167. The van der Waals surface area contributed by atoms with Crippen molar-refractivity contribution in [1.82, 2.24) is 0 Å². The first kappa shape index (κ1) is 20.1. The van der Waals surface area contributed by atoms with Crippen LogP contribution in [0.4, 0.5) is 0 Å². The quantitative estimate of drug-likeness (QED) is 0.512. The summed E-state index contributed by atoms with van der Waals surface area (Å²) in [6, 6.07) is 15.8. The van der Waals surface area contributed by atoms with Crippen LogP contribution in [-0.4, -0.2) is 37.7 Å². The zero-order valence-corrected chi connectivity index (χ0v) is 17.0. The largest absolute Gasteiger partial charge is 0.467 e. The van der Waals surface area contributed by atoms with E-state index in [9.17, 15) is 13.2 Å². The number of Topliss-reactive ketones (excluding diaryl/α,β-unsaturated/α-hetero) is 1. The number of aryl methyl sites for hydroxylation is 1. The van der Waals surface area contributed by atoms with Crippen LogP contribution in [0.2, 0.25) is 0 Å². The molecule has 0 amide bonds. The summed E-state index contributed by atoms with van der Waals surface area (Å²) in [7, 11) is 0.326. The number of rotatable bonds is 5. The number of hydrogen-bond donors (Lipinski definition) is 1. The normalized spacial score (nSPS) is 20.1. The Labute approximate surface area is 167 Å². The molecule has 1 heterocycles. The maximum absolute atomic E-state index is 13.1. The maximum atomic E-state index is 13.1. The third kappa shape index (κ3) is 3.11. The molecule has 0 saturated carbocycles. The Hall–Kier alpha value is -2.61. The van der Waals surface area contributed by atoms with E-state index in [2.05, 4.69) is 0 Å². The van der Waals surface area contributed by atoms with Crippen molar-refractivity contribution >= 4 is 39.4 Å². The molecule has 0 bridgehead atoms. The fourth-order valence-corrected chi connectivity index (χ4v) is 4.21. The van der Waals surface area contributed by atoms with E-state index in [1.54, 1.807) is 50.3 Å². The van der Waals surface area contributed by atoms with Crippen LogP contribution in [0.1, 0.15) is 16.7 Å². The molecule has 142 valence electrons. The van der Waals surface area contributed by atoms with E-state index in [1.165, 1.54) is 15.7 Å². The van der Waals surface area contributed by atoms with E-state index in [0.29, 0.717) is 11.1 Å². The molecule has 0 fully saturated rings. The van der Waals surface area contributed by atoms with Gasteiger partial charge in [-0.3, -0.25) is 4.79 Å². The van der Waals surface area contributed by atoms with Gasteiger partial charge >= 0.3 is 10.1 Å². The van der Waals surface area contributed by atoms with Crippen molar-refractivity contribution < 1.29 is 22.1 Å². The molecule has 2 N–H and O–H groups in total. The summed E-state index contributed by atoms with van der Waals surface area (Å²) in [5.41, 5.74) is 6.37. The summed E-state index contributed by atoms with van der Waals surface area (Å²) in [5.74, 6) is -1.47. The van der Waals surface area contributed by atoms with Gasteiger partial charge in [0, 0.05) is 0 Å². The molecular weight excluding hydrogens is 375 g/mol. The molecule has 0 radical (unpaired) electrons. The molecule has 0 aromatic heterocycles. The fourth-order valence-electron chi connectivity index (χ4n) is 3.20. The Balaban J connectivity index is 1.96. The van der Waals surface area contributed by atoms with Gasteiger partial charge in [-0.1, -0.05) is 54.6 Å². The van der Waals surface area contributed by atoms with Crippen molar-refractivity contribution in [2.24, 2.45) is 5.73 Å². The molecule has 3 rings (SSSR count). The van der Waals surface area contributed by atoms with Gasteiger partial charge in [0.25, 0.3) is 0 Å². The molecule has 0 aliphatic carbocycles. The predicted octanol–water partition coefficient (Wildman–Crippen LogP) is -1.07. The number of ketones is 1. The highest BCUT2D eigenvalue weighted by Gasteiger charge is 2.51. The molecule has 1 aliphatic heterocycles. The summed E-state index contributed by atoms with van der Waals surface area (Å²) < 4.78 is 35.5. The van der Waals surface area contributed by atoms with Crippen molar-refractivity contribution in [1.29, 1.82) is 0 Å². The van der Waals surface area contributed by atoms with E-state index in [4.69, 9.17) is 14.7 Å². The molecule has 1 aliphatic rings. The second-order valence-electron chi connectivity index (χ2n) is 7.39. The van der Waals surface area contributed by atoms with Crippen LogP contribution in [0.25, 0.3) is 0 Å². The van der Waals surface area contributed by atoms with Crippen molar-refractivity contribution in [3.63, 3.8) is 0 Å². The van der Waals surface area contributed by atoms with E-state index in [0.717, 1.165) is 5.56 Å². The Bertz CT molecular complexity index is 1070. The van der Waals surface area contributed by atoms with Gasteiger partial charge < -0.3 is 14.7 Å². The molecule has 0 saturated heterocycles. The van der Waals surface area contributed by atoms with Crippen LogP contribution < -0.4 is 5.73 Å². The second kappa shape index (κ2) is 6.77. The average Bonchev–Trinajstić information content (AvgIpc) is 2.86. The van der Waals surface area contributed by atoms with Crippen molar-refractivity contribution in [3.8, 4) is 0 Å². The van der Waals surface area contributed by atoms with Crippen molar-refractivity contribution in [2.45, 2.75) is 17.0 Å². The van der Waals surface area contributed by atoms with Crippen molar-refractivity contribution in [3.05, 3.63) is 82.9 Å². The topological polar surface area (TPSA) is 95.7 Å². The highest BCUT2D eigenvalue weighted by Crippen LogP contribution is 2.38. The van der Waals surface area contributed by atoms with E-state index in [-0.39, 0.29) is 5.88 Å². The third-order valence-corrected chi connectivity index (χ3v) is 7.00. The Morgan fingerprint density at radius 1 is 1.07 bits per heavy atom. The molecule has 28 heavy (non-hydrogen) atoms. The summed E-state index contributed by atoms with van der Waals surface area (Å²) >= 11 is 0. The molecule has 0 spiro atoms. The molecular formula is C18H20B3NO5S. The van der Waals surface area contributed by atoms with Gasteiger partial charge in [-0.15, -0.1) is 0 Å². The molecule has 1 atom stereocenters. The number of benzene rings is 2. The standard InChI is InChI=1S/C18H20B3NO5S/c1-11-7-5-6-10-13(11)17(19)15(23)14(16(22)26-17)27-28(24,25)18(20,21)12-8-3-2-4-9-12/h2-10H,19-22H2,1H3. The van der Waals surface area contributed by atoms with Gasteiger partial charge in [0.15, 0.2) is 13.3 Å². The van der Waals surface area contributed by atoms with Crippen LogP contribution in [0.3, 0.4) is 0 Å². The van der Waals surface area contributed by atoms with Gasteiger partial charge in [-0.25, -0.2) is 0 Å². The summed E-state index contributed by atoms with van der Waals surface area (Å²) in [6.07, 6.45) is 0. The minimum Gasteiger partial charge on any atom is -0.467 e. The number of ether oxygens (including phenoxy) is 1. The third-order valence-electron chi connectivity index (χ3n) is 5.12. The zero-order valence-electron chi connectivity index (χ0n) is 16.2. The van der Waals surface area contributed by atoms with E-state index < -0.39 is 31.7 Å². The van der Waals surface area contributed by atoms with Gasteiger partial charge in [0.2, 0.25) is 17.4 Å². The Morgan fingerprint density at radius 2 is 1.64 bits per heavy atom. The molecule has 1 unspecified atom stereocenters. The molecule has 10 heteroatoms. The Kier molecular flexibility index (Phi) is 4.87. The SMILES string of the molecule is BC1(c2ccccc2C)OC(N)=C(OS(=O)(=O)C(B)(B)c2ccccc2)C1=O. The lowest BCUT2D eigenvalue weighted by Gasteiger charge is -2.26. The maximum Gasteiger partial charge on any atom is 0.304 e. The molecule has 2 aromatic rings. The zero-order chi connectivity index (χ0) is 20.7. The monoisotopic (exact) mass is 395 g/mol. The smallest absolute Gasteiger partial charge is 0.304 e. The number of carbonyl (C=O) groups excluding carboxylic acids is 1. The first-order valence-corrected chi connectivity index (χ1v) is 10.2. The van der Waals surface area contributed by atoms with Gasteiger partial charge in [0.05, 0.1) is 4.55 Å². The highest BCUT2D eigenvalue weighted by molar-refractivity contribution is 7.90. The van der Waals surface area contributed by atoms with Crippen molar-refractivity contribution in [2.75, 3.05) is 0 Å². The van der Waals surface area contributed by atoms with E-state index >= 15 is 0 Å². The first-order chi connectivity index (χ1) is 13.0. The average molecular weight is 395 g/mol. The lowest BCUT2D eigenvalue weighted by Crippen LogP contribution is -2.40. The number of carbonyl (C=O) groups is 1. The van der Waals surface area contributed by atoms with Gasteiger partial charge in [0.1, 0.15) is 15.7 Å². The lowest BCUT2D eigenvalue weighted by molar-refractivity contribution is -0.126. The van der Waals surface area contributed by atoms with Crippen LogP contribution in [0.5, 0.6) is 0 Å². The lowest BCUT2D eigenvalue weighted by atomic mass is 9.65. The number of nitrogens with two attached hydrogens (primary N) is 1. The molecule has 6 nitrogen and oxygen atoms in total. The Morgan fingerprint density at radius 3 is 2.25 bits per heavy atom. The summed E-state index contributed by atoms with van der Waals surface area (Å²) in [4.78, 5) is 13.1. The highest BCUT2D eigenvalue weighted by atomic mass is 32.2. The van der Waals surface area contributed by atoms with Crippen LogP contribution >= 0.6 is 0 Å². The minimum atomic E-state index is -4.24. The van der Waals surface area contributed by atoms with Crippen LogP contribution in [-0.2, 0) is 33.9 Å². The minimum absolute atomic E-state index is 0.344. The molecule has 2 aromatic carbocycles. The predicted molar refractivity (Wildman–Crippen MR) is 114 cm³/mol. The summed E-state index contributed by atoms with van der Waals surface area (Å²) in [5, 5.41) is 0. The van der Waals surface area contributed by atoms with Crippen LogP contribution in [0, 0.1) is 6.92 Å². The van der Waals surface area contributed by atoms with Gasteiger partial charge in [-0.2, -0.15) is 8.42 Å². The second-order valence-corrected chi connectivity index (χ2v) is 9.48. The van der Waals surface area contributed by atoms with Gasteiger partial charge in [-0.05, 0) is 23.6 Å². The first-order valence-electron chi connectivity index (χ1n) is 8.80. The van der Waals surface area contributed by atoms with E-state index in [1.807, 2.05) is 19.1 Å². The van der Waals surface area contributed by atoms with Crippen LogP contribution in [0.15, 0.2) is 66.2 Å².